The van der Waals surface area contributed by atoms with E-state index in [9.17, 15) is 14.4 Å². The van der Waals surface area contributed by atoms with Crippen LogP contribution in [0.4, 0.5) is 0 Å². The summed E-state index contributed by atoms with van der Waals surface area (Å²) >= 11 is 0. The monoisotopic (exact) mass is 407 g/mol. The van der Waals surface area contributed by atoms with Gasteiger partial charge in [-0.2, -0.15) is 0 Å². The molecule has 0 bridgehead atoms. The highest BCUT2D eigenvalue weighted by Crippen LogP contribution is 2.27. The van der Waals surface area contributed by atoms with Crippen LogP contribution in [0.15, 0.2) is 57.7 Å². The van der Waals surface area contributed by atoms with Gasteiger partial charge in [0.15, 0.2) is 11.0 Å². The Morgan fingerprint density at radius 3 is 2.40 bits per heavy atom. The molecule has 6 heteroatoms. The van der Waals surface area contributed by atoms with Crippen molar-refractivity contribution >= 4 is 22.8 Å². The van der Waals surface area contributed by atoms with Gasteiger partial charge in [0, 0.05) is 11.1 Å². The number of nitrogens with one attached hydrogen (secondary N) is 1. The molecule has 3 rings (SSSR count). The van der Waals surface area contributed by atoms with Crippen molar-refractivity contribution in [3.05, 3.63) is 69.9 Å². The van der Waals surface area contributed by atoms with Crippen LogP contribution in [0.25, 0.3) is 22.3 Å². The number of hydrogen-bond donors (Lipinski definition) is 1. The molecule has 0 saturated carbocycles. The molecular weight excluding hydrogens is 382 g/mol. The van der Waals surface area contributed by atoms with E-state index in [0.717, 1.165) is 5.56 Å². The van der Waals surface area contributed by atoms with Gasteiger partial charge in [0.05, 0.1) is 18.1 Å². The first kappa shape index (κ1) is 21.3. The molecule has 1 N–H and O–H groups in total. The van der Waals surface area contributed by atoms with Crippen LogP contribution in [0.3, 0.4) is 0 Å². The third-order valence-electron chi connectivity index (χ3n) is 4.92. The molecule has 30 heavy (non-hydrogen) atoms. The molecule has 1 atom stereocenters. The van der Waals surface area contributed by atoms with Crippen LogP contribution in [-0.2, 0) is 9.53 Å². The fourth-order valence-corrected chi connectivity index (χ4v) is 3.42. The summed E-state index contributed by atoms with van der Waals surface area (Å²) in [5.41, 5.74) is 1.41. The maximum absolute atomic E-state index is 13.0. The van der Waals surface area contributed by atoms with Crippen LogP contribution in [0.5, 0.6) is 0 Å². The molecule has 0 saturated heterocycles. The number of benzene rings is 2. The Morgan fingerprint density at radius 2 is 1.77 bits per heavy atom. The Morgan fingerprint density at radius 1 is 1.07 bits per heavy atom. The standard InChI is InChI=1S/C24H25NO5/c1-14(2)13-19(24(28)29-4)25-23(27)18-12-8-11-17-20(26)15(3)21(30-22(17)18)16-9-6-5-7-10-16/h5-12,14,19H,13H2,1-4H3,(H,25,27). The average Bonchev–Trinajstić information content (AvgIpc) is 2.75. The minimum Gasteiger partial charge on any atom is -0.467 e. The Kier molecular flexibility index (Phi) is 6.35. The number of fused-ring (bicyclic) bond motifs is 1. The van der Waals surface area contributed by atoms with E-state index in [1.165, 1.54) is 7.11 Å². The number of rotatable bonds is 6. The Hall–Kier alpha value is -3.41. The summed E-state index contributed by atoms with van der Waals surface area (Å²) in [5.74, 6) is -0.422. The van der Waals surface area contributed by atoms with Crippen molar-refractivity contribution < 1.29 is 18.7 Å². The lowest BCUT2D eigenvalue weighted by atomic mass is 10.0. The summed E-state index contributed by atoms with van der Waals surface area (Å²) in [7, 11) is 1.29. The van der Waals surface area contributed by atoms with Crippen molar-refractivity contribution in [3.8, 4) is 11.3 Å². The maximum Gasteiger partial charge on any atom is 0.328 e. The Balaban J connectivity index is 2.10. The normalized spacial score (nSPS) is 12.0. The molecule has 0 fully saturated rings. The van der Waals surface area contributed by atoms with Gasteiger partial charge in [0.1, 0.15) is 11.8 Å². The molecule has 3 aromatic rings. The average molecular weight is 407 g/mol. The molecule has 6 nitrogen and oxygen atoms in total. The van der Waals surface area contributed by atoms with Gasteiger partial charge >= 0.3 is 5.97 Å². The van der Waals surface area contributed by atoms with Gasteiger partial charge in [0.2, 0.25) is 0 Å². The lowest BCUT2D eigenvalue weighted by Gasteiger charge is -2.18. The first-order chi connectivity index (χ1) is 14.3. The largest absolute Gasteiger partial charge is 0.467 e. The molecule has 0 spiro atoms. The summed E-state index contributed by atoms with van der Waals surface area (Å²) in [6.07, 6.45) is 0.432. The van der Waals surface area contributed by atoms with Crippen LogP contribution >= 0.6 is 0 Å². The fraction of sp³-hybridized carbons (Fsp3) is 0.292. The summed E-state index contributed by atoms with van der Waals surface area (Å²) in [6.45, 7) is 5.61. The second-order valence-corrected chi connectivity index (χ2v) is 7.61. The number of carbonyl (C=O) groups excluding carboxylic acids is 2. The van der Waals surface area contributed by atoms with Crippen LogP contribution in [0.1, 0.15) is 36.2 Å². The van der Waals surface area contributed by atoms with Gasteiger partial charge in [-0.1, -0.05) is 50.2 Å². The number of ether oxygens (including phenoxy) is 1. The van der Waals surface area contributed by atoms with Gasteiger partial charge in [0.25, 0.3) is 5.91 Å². The maximum atomic E-state index is 13.0. The van der Waals surface area contributed by atoms with Gasteiger partial charge in [-0.25, -0.2) is 4.79 Å². The van der Waals surface area contributed by atoms with E-state index in [4.69, 9.17) is 9.15 Å². The molecule has 0 aliphatic heterocycles. The second-order valence-electron chi connectivity index (χ2n) is 7.61. The Labute approximate surface area is 174 Å². The van der Waals surface area contributed by atoms with Crippen molar-refractivity contribution in [1.29, 1.82) is 0 Å². The first-order valence-corrected chi connectivity index (χ1v) is 9.84. The molecular formula is C24H25NO5. The molecule has 1 unspecified atom stereocenters. The van der Waals surface area contributed by atoms with Crippen molar-refractivity contribution in [3.63, 3.8) is 0 Å². The fourth-order valence-electron chi connectivity index (χ4n) is 3.42. The highest BCUT2D eigenvalue weighted by Gasteiger charge is 2.25. The lowest BCUT2D eigenvalue weighted by Crippen LogP contribution is -2.42. The van der Waals surface area contributed by atoms with Gasteiger partial charge in [-0.05, 0) is 31.4 Å². The molecule has 1 aromatic heterocycles. The quantitative estimate of drug-likeness (QED) is 0.622. The lowest BCUT2D eigenvalue weighted by molar-refractivity contribution is -0.143. The van der Waals surface area contributed by atoms with E-state index in [1.54, 1.807) is 25.1 Å². The number of esters is 1. The summed E-state index contributed by atoms with van der Waals surface area (Å²) in [4.78, 5) is 38.1. The topological polar surface area (TPSA) is 85.6 Å². The first-order valence-electron chi connectivity index (χ1n) is 9.84. The van der Waals surface area contributed by atoms with Crippen LogP contribution in [0, 0.1) is 12.8 Å². The third-order valence-corrected chi connectivity index (χ3v) is 4.92. The van der Waals surface area contributed by atoms with E-state index in [0.29, 0.717) is 23.1 Å². The van der Waals surface area contributed by atoms with Crippen molar-refractivity contribution in [1.82, 2.24) is 5.32 Å². The molecule has 0 aliphatic carbocycles. The van der Waals surface area contributed by atoms with Crippen molar-refractivity contribution in [2.24, 2.45) is 5.92 Å². The zero-order valence-corrected chi connectivity index (χ0v) is 17.5. The minimum atomic E-state index is -0.788. The SMILES string of the molecule is COC(=O)C(CC(C)C)NC(=O)c1cccc2c(=O)c(C)c(-c3ccccc3)oc12. The van der Waals surface area contributed by atoms with E-state index in [1.807, 2.05) is 44.2 Å². The molecule has 1 heterocycles. The van der Waals surface area contributed by atoms with Crippen molar-refractivity contribution in [2.45, 2.75) is 33.2 Å². The van der Waals surface area contributed by atoms with E-state index in [-0.39, 0.29) is 22.5 Å². The molecule has 2 aromatic carbocycles. The summed E-state index contributed by atoms with van der Waals surface area (Å²) in [6, 6.07) is 13.3. The smallest absolute Gasteiger partial charge is 0.328 e. The highest BCUT2D eigenvalue weighted by molar-refractivity contribution is 6.06. The zero-order chi connectivity index (χ0) is 21.8. The zero-order valence-electron chi connectivity index (χ0n) is 17.5. The van der Waals surface area contributed by atoms with Crippen molar-refractivity contribution in [2.75, 3.05) is 7.11 Å². The van der Waals surface area contributed by atoms with Crippen LogP contribution in [0.2, 0.25) is 0 Å². The number of methoxy groups -OCH3 is 1. The highest BCUT2D eigenvalue weighted by atomic mass is 16.5. The molecule has 156 valence electrons. The predicted octanol–water partition coefficient (Wildman–Crippen LogP) is 4.09. The Bertz CT molecular complexity index is 1130. The van der Waals surface area contributed by atoms with Gasteiger partial charge in [-0.3, -0.25) is 9.59 Å². The summed E-state index contributed by atoms with van der Waals surface area (Å²) < 4.78 is 10.9. The number of carbonyl (C=O) groups is 2. The number of amides is 1. The number of hydrogen-bond acceptors (Lipinski definition) is 5. The second kappa shape index (κ2) is 8.95. The van der Waals surface area contributed by atoms with E-state index < -0.39 is 17.9 Å². The van der Waals surface area contributed by atoms with E-state index in [2.05, 4.69) is 5.32 Å². The third kappa shape index (κ3) is 4.27. The molecule has 0 radical (unpaired) electrons. The minimum absolute atomic E-state index is 0.173. The predicted molar refractivity (Wildman–Crippen MR) is 115 cm³/mol. The van der Waals surface area contributed by atoms with E-state index >= 15 is 0 Å². The van der Waals surface area contributed by atoms with Gasteiger partial charge < -0.3 is 14.5 Å². The van der Waals surface area contributed by atoms with Crippen LogP contribution < -0.4 is 10.7 Å². The molecule has 1 amide bonds. The summed E-state index contributed by atoms with van der Waals surface area (Å²) in [5, 5.41) is 3.04. The van der Waals surface area contributed by atoms with Crippen LogP contribution in [-0.4, -0.2) is 25.0 Å². The number of para-hydroxylation sites is 1. The molecule has 0 aliphatic rings. The van der Waals surface area contributed by atoms with Gasteiger partial charge in [-0.15, -0.1) is 0 Å².